The summed E-state index contributed by atoms with van der Waals surface area (Å²) < 4.78 is 32.5. The number of hydrogen-bond acceptors (Lipinski definition) is 7. The number of amides is 4. The predicted octanol–water partition coefficient (Wildman–Crippen LogP) is 3.12. The van der Waals surface area contributed by atoms with E-state index in [1.807, 2.05) is 0 Å². The van der Waals surface area contributed by atoms with Crippen LogP contribution in [0, 0.1) is 5.92 Å². The topological polar surface area (TPSA) is 151 Å². The number of rotatable bonds is 4. The first-order chi connectivity index (χ1) is 18.7. The second-order valence-corrected chi connectivity index (χ2v) is 15.1. The summed E-state index contributed by atoms with van der Waals surface area (Å²) in [6, 6.07) is -1.64. The van der Waals surface area contributed by atoms with Gasteiger partial charge in [0.2, 0.25) is 21.8 Å². The number of ether oxygens (including phenoxy) is 1. The van der Waals surface area contributed by atoms with Crippen LogP contribution in [0.5, 0.6) is 0 Å². The fraction of sp³-hybridized carbons (Fsp3) is 0.857. The van der Waals surface area contributed by atoms with E-state index in [0.717, 1.165) is 44.9 Å². The second-order valence-electron chi connectivity index (χ2n) is 12.8. The van der Waals surface area contributed by atoms with Gasteiger partial charge in [-0.2, -0.15) is 0 Å². The van der Waals surface area contributed by atoms with Crippen molar-refractivity contribution in [1.29, 1.82) is 0 Å². The van der Waals surface area contributed by atoms with E-state index in [1.165, 1.54) is 18.7 Å². The molecule has 3 N–H and O–H groups in total. The summed E-state index contributed by atoms with van der Waals surface area (Å²) >= 11 is 0. The fourth-order valence-electron chi connectivity index (χ4n) is 5.64. The van der Waals surface area contributed by atoms with Crippen molar-refractivity contribution in [1.82, 2.24) is 20.3 Å². The largest absolute Gasteiger partial charge is 0.444 e. The van der Waals surface area contributed by atoms with E-state index in [2.05, 4.69) is 15.4 Å². The fourth-order valence-corrected chi connectivity index (χ4v) is 6.32. The molecule has 2 aliphatic heterocycles. The zero-order valence-corrected chi connectivity index (χ0v) is 25.5. The highest BCUT2D eigenvalue weighted by Gasteiger charge is 2.62. The van der Waals surface area contributed by atoms with E-state index in [9.17, 15) is 27.6 Å². The van der Waals surface area contributed by atoms with E-state index in [4.69, 9.17) is 4.74 Å². The molecule has 2 heterocycles. The van der Waals surface area contributed by atoms with E-state index in [0.29, 0.717) is 38.6 Å². The Bertz CT molecular complexity index is 1060. The van der Waals surface area contributed by atoms with Crippen LogP contribution in [-0.2, 0) is 29.1 Å². The Hall–Kier alpha value is -2.37. The summed E-state index contributed by atoms with van der Waals surface area (Å²) in [5.74, 6) is -1.69. The average Bonchev–Trinajstić information content (AvgIpc) is 3.30. The Kier molecular flexibility index (Phi) is 10.5. The molecule has 2 saturated heterocycles. The third kappa shape index (κ3) is 8.33. The van der Waals surface area contributed by atoms with Crippen LogP contribution in [0.3, 0.4) is 0 Å². The highest BCUT2D eigenvalue weighted by Crippen LogP contribution is 2.47. The molecular weight excluding hydrogens is 536 g/mol. The first kappa shape index (κ1) is 32.1. The number of alkyl carbamates (subject to hydrolysis) is 1. The molecule has 40 heavy (non-hydrogen) atoms. The molecule has 1 saturated carbocycles. The molecule has 3 fully saturated rings. The van der Waals surface area contributed by atoms with Gasteiger partial charge in [0.05, 0.1) is 5.25 Å². The maximum Gasteiger partial charge on any atom is 0.408 e. The lowest BCUT2D eigenvalue weighted by Crippen LogP contribution is -2.58. The molecular formula is C28H48N4O7S. The maximum absolute atomic E-state index is 13.7. The molecule has 4 atom stereocenters. The van der Waals surface area contributed by atoms with Crippen molar-refractivity contribution in [3.8, 4) is 0 Å². The molecule has 3 aliphatic rings. The number of carbonyl (C=O) groups excluding carboxylic acids is 4. The van der Waals surface area contributed by atoms with E-state index in [1.54, 1.807) is 20.8 Å². The standard InChI is InChI=1S/C28H48N4O7S/c1-19(2)40(37,38)31-25(35)28-18-20(28)14-11-9-7-6-8-10-12-15-21(29-26(36)39-27(3,4)5)24(34)32-17-13-16-22(32)23(33)30-28/h19-22H,6-18H2,1-5H3,(H,29,36)(H,30,33)(H,31,35)/t20-,21?,22+,28-/m1/s1. The van der Waals surface area contributed by atoms with E-state index >= 15 is 0 Å². The van der Waals surface area contributed by atoms with Crippen molar-refractivity contribution in [2.45, 2.75) is 140 Å². The Labute approximate surface area is 239 Å². The van der Waals surface area contributed by atoms with Gasteiger partial charge in [-0.3, -0.25) is 19.1 Å². The molecule has 0 aromatic rings. The second kappa shape index (κ2) is 13.1. The zero-order chi connectivity index (χ0) is 29.7. The van der Waals surface area contributed by atoms with Crippen molar-refractivity contribution in [3.05, 3.63) is 0 Å². The molecule has 11 nitrogen and oxygen atoms in total. The van der Waals surface area contributed by atoms with Gasteiger partial charge >= 0.3 is 6.09 Å². The van der Waals surface area contributed by atoms with Gasteiger partial charge < -0.3 is 20.3 Å². The van der Waals surface area contributed by atoms with E-state index in [-0.39, 0.29) is 11.8 Å². The first-order valence-corrected chi connectivity index (χ1v) is 16.4. The molecule has 0 aromatic heterocycles. The molecule has 0 radical (unpaired) electrons. The molecule has 228 valence electrons. The van der Waals surface area contributed by atoms with Crippen molar-refractivity contribution in [3.63, 3.8) is 0 Å². The Morgan fingerprint density at radius 3 is 2.17 bits per heavy atom. The van der Waals surface area contributed by atoms with E-state index < -0.39 is 56.4 Å². The minimum atomic E-state index is -3.88. The first-order valence-electron chi connectivity index (χ1n) is 14.8. The van der Waals surface area contributed by atoms with Gasteiger partial charge in [0, 0.05) is 6.54 Å². The van der Waals surface area contributed by atoms with Crippen LogP contribution >= 0.6 is 0 Å². The number of fused-ring (bicyclic) bond motifs is 2. The molecule has 12 heteroatoms. The molecule has 3 rings (SSSR count). The molecule has 4 amide bonds. The van der Waals surface area contributed by atoms with Crippen molar-refractivity contribution < 1.29 is 32.3 Å². The van der Waals surface area contributed by atoms with Crippen LogP contribution in [0.1, 0.15) is 112 Å². The number of nitrogens with zero attached hydrogens (tertiary/aromatic N) is 1. The minimum Gasteiger partial charge on any atom is -0.444 e. The molecule has 1 aliphatic carbocycles. The lowest BCUT2D eigenvalue weighted by atomic mass is 10.0. The minimum absolute atomic E-state index is 0.165. The average molecular weight is 585 g/mol. The SMILES string of the molecule is CC(C)S(=O)(=O)NC(=O)[C@@]12C[C@H]1CCCCCCCCCC(NC(=O)OC(C)(C)C)C(=O)N1CCC[C@H]1C(=O)N2. The summed E-state index contributed by atoms with van der Waals surface area (Å²) in [7, 11) is -3.88. The van der Waals surface area contributed by atoms with Crippen LogP contribution in [-0.4, -0.2) is 72.2 Å². The van der Waals surface area contributed by atoms with Crippen LogP contribution < -0.4 is 15.4 Å². The zero-order valence-electron chi connectivity index (χ0n) is 24.7. The van der Waals surface area contributed by atoms with Crippen LogP contribution in [0.2, 0.25) is 0 Å². The Morgan fingerprint density at radius 1 is 0.975 bits per heavy atom. The summed E-state index contributed by atoms with van der Waals surface area (Å²) in [4.78, 5) is 54.7. The smallest absolute Gasteiger partial charge is 0.408 e. The van der Waals surface area contributed by atoms with Crippen LogP contribution in [0.25, 0.3) is 0 Å². The third-order valence-corrected chi connectivity index (χ3v) is 9.80. The highest BCUT2D eigenvalue weighted by atomic mass is 32.2. The summed E-state index contributed by atoms with van der Waals surface area (Å²) in [5.41, 5.74) is -2.03. The molecule has 0 bridgehead atoms. The van der Waals surface area contributed by atoms with Gasteiger partial charge in [-0.15, -0.1) is 0 Å². The lowest BCUT2D eigenvalue weighted by molar-refractivity contribution is -0.141. The summed E-state index contributed by atoms with van der Waals surface area (Å²) in [6.07, 6.45) is 8.52. The normalized spacial score (nSPS) is 29.1. The Morgan fingerprint density at radius 2 is 1.57 bits per heavy atom. The summed E-state index contributed by atoms with van der Waals surface area (Å²) in [6.45, 7) is 8.58. The van der Waals surface area contributed by atoms with Gasteiger partial charge in [0.15, 0.2) is 0 Å². The van der Waals surface area contributed by atoms with Gasteiger partial charge in [-0.25, -0.2) is 13.2 Å². The van der Waals surface area contributed by atoms with Crippen molar-refractivity contribution >= 4 is 33.8 Å². The number of sulfonamides is 1. The van der Waals surface area contributed by atoms with Gasteiger partial charge in [-0.1, -0.05) is 44.9 Å². The Balaban J connectivity index is 1.83. The van der Waals surface area contributed by atoms with Crippen molar-refractivity contribution in [2.24, 2.45) is 5.92 Å². The highest BCUT2D eigenvalue weighted by molar-refractivity contribution is 7.90. The van der Waals surface area contributed by atoms with Crippen LogP contribution in [0.15, 0.2) is 0 Å². The van der Waals surface area contributed by atoms with Gasteiger partial charge in [-0.05, 0) is 72.6 Å². The molecule has 0 aromatic carbocycles. The van der Waals surface area contributed by atoms with Gasteiger partial charge in [0.25, 0.3) is 5.91 Å². The van der Waals surface area contributed by atoms with Gasteiger partial charge in [0.1, 0.15) is 23.2 Å². The number of hydrogen-bond donors (Lipinski definition) is 3. The summed E-state index contributed by atoms with van der Waals surface area (Å²) in [5, 5.41) is 4.81. The third-order valence-electron chi connectivity index (χ3n) is 8.09. The van der Waals surface area contributed by atoms with Crippen molar-refractivity contribution in [2.75, 3.05) is 6.54 Å². The monoisotopic (exact) mass is 584 g/mol. The number of carbonyl (C=O) groups is 4. The quantitative estimate of drug-likeness (QED) is 0.459. The predicted molar refractivity (Wildman–Crippen MR) is 151 cm³/mol. The lowest BCUT2D eigenvalue weighted by Gasteiger charge is -2.30. The maximum atomic E-state index is 13.7. The molecule has 1 unspecified atom stereocenters. The van der Waals surface area contributed by atoms with Crippen LogP contribution in [0.4, 0.5) is 4.79 Å². The number of nitrogens with one attached hydrogen (secondary N) is 3. The molecule has 0 spiro atoms.